The molecule has 0 aromatic carbocycles. The number of halogens is 1. The Kier molecular flexibility index (Phi) is 2.59. The topological polar surface area (TPSA) is 26.0 Å². The highest BCUT2D eigenvalue weighted by molar-refractivity contribution is 9.09. The minimum absolute atomic E-state index is 0.0174. The van der Waals surface area contributed by atoms with Crippen molar-refractivity contribution in [3.63, 3.8) is 0 Å². The number of hydrogen-bond acceptors (Lipinski definition) is 2. The molecular formula is C10H16BrNO. The zero-order valence-electron chi connectivity index (χ0n) is 8.81. The second-order valence-corrected chi connectivity index (χ2v) is 6.73. The van der Waals surface area contributed by atoms with Gasteiger partial charge in [0.15, 0.2) is 5.89 Å². The summed E-state index contributed by atoms with van der Waals surface area (Å²) in [6.07, 6.45) is 1.79. The summed E-state index contributed by atoms with van der Waals surface area (Å²) in [6, 6.07) is 0. The zero-order chi connectivity index (χ0) is 10.3. The van der Waals surface area contributed by atoms with E-state index in [4.69, 9.17) is 4.42 Å². The van der Waals surface area contributed by atoms with Crippen molar-refractivity contribution in [3.8, 4) is 0 Å². The monoisotopic (exact) mass is 245 g/mol. The lowest BCUT2D eigenvalue weighted by Gasteiger charge is -2.14. The van der Waals surface area contributed by atoms with Gasteiger partial charge in [-0.2, -0.15) is 0 Å². The Morgan fingerprint density at radius 3 is 2.00 bits per heavy atom. The molecule has 0 aliphatic heterocycles. The summed E-state index contributed by atoms with van der Waals surface area (Å²) in [5, 5.41) is 0. The largest absolute Gasteiger partial charge is 0.444 e. The van der Waals surface area contributed by atoms with E-state index in [1.165, 1.54) is 0 Å². The number of nitrogens with zero attached hydrogens (tertiary/aromatic N) is 1. The molecule has 0 amide bonds. The molecule has 0 atom stereocenters. The van der Waals surface area contributed by atoms with E-state index in [1.807, 2.05) is 13.8 Å². The van der Waals surface area contributed by atoms with Crippen LogP contribution >= 0.6 is 15.9 Å². The van der Waals surface area contributed by atoms with Gasteiger partial charge in [-0.25, -0.2) is 4.98 Å². The summed E-state index contributed by atoms with van der Waals surface area (Å²) >= 11 is 3.53. The summed E-state index contributed by atoms with van der Waals surface area (Å²) in [6.45, 7) is 10.3. The van der Waals surface area contributed by atoms with Gasteiger partial charge in [0.05, 0.1) is 10.5 Å². The van der Waals surface area contributed by atoms with Crippen LogP contribution in [0.5, 0.6) is 0 Å². The highest BCUT2D eigenvalue weighted by Gasteiger charge is 2.25. The third kappa shape index (κ3) is 2.56. The third-order valence-corrected chi connectivity index (χ3v) is 2.12. The number of rotatable bonds is 1. The van der Waals surface area contributed by atoms with Gasteiger partial charge in [0.25, 0.3) is 0 Å². The van der Waals surface area contributed by atoms with E-state index < -0.39 is 0 Å². The molecule has 0 bridgehead atoms. The SMILES string of the molecule is CC(C)(C)c1ncc(C(C)(C)Br)o1. The second-order valence-electron chi connectivity index (χ2n) is 4.75. The van der Waals surface area contributed by atoms with Crippen molar-refractivity contribution in [2.75, 3.05) is 0 Å². The van der Waals surface area contributed by atoms with Gasteiger partial charge in [0.2, 0.25) is 0 Å². The lowest BCUT2D eigenvalue weighted by atomic mass is 9.97. The maximum atomic E-state index is 5.65. The van der Waals surface area contributed by atoms with E-state index in [2.05, 4.69) is 41.7 Å². The molecule has 0 aliphatic rings. The van der Waals surface area contributed by atoms with Gasteiger partial charge in [-0.05, 0) is 13.8 Å². The van der Waals surface area contributed by atoms with E-state index >= 15 is 0 Å². The van der Waals surface area contributed by atoms with Gasteiger partial charge < -0.3 is 4.42 Å². The fourth-order valence-electron chi connectivity index (χ4n) is 0.896. The van der Waals surface area contributed by atoms with Gasteiger partial charge in [0, 0.05) is 5.41 Å². The molecule has 0 fully saturated rings. The highest BCUT2D eigenvalue weighted by atomic mass is 79.9. The Morgan fingerprint density at radius 2 is 1.77 bits per heavy atom. The molecule has 0 N–H and O–H groups in total. The first-order valence-corrected chi connectivity index (χ1v) is 5.16. The van der Waals surface area contributed by atoms with Crippen LogP contribution < -0.4 is 0 Å². The summed E-state index contributed by atoms with van der Waals surface area (Å²) < 4.78 is 5.52. The predicted octanol–water partition coefficient (Wildman–Crippen LogP) is 3.60. The van der Waals surface area contributed by atoms with Crippen molar-refractivity contribution in [1.82, 2.24) is 4.98 Å². The van der Waals surface area contributed by atoms with Gasteiger partial charge >= 0.3 is 0 Å². The van der Waals surface area contributed by atoms with Gasteiger partial charge in [-0.1, -0.05) is 36.7 Å². The number of alkyl halides is 1. The van der Waals surface area contributed by atoms with Crippen LogP contribution in [0.25, 0.3) is 0 Å². The highest BCUT2D eigenvalue weighted by Crippen LogP contribution is 2.32. The van der Waals surface area contributed by atoms with Crippen molar-refractivity contribution < 1.29 is 4.42 Å². The average Bonchev–Trinajstić information content (AvgIpc) is 2.28. The molecule has 1 aromatic heterocycles. The first kappa shape index (κ1) is 10.8. The minimum Gasteiger partial charge on any atom is -0.444 e. The molecule has 1 heterocycles. The van der Waals surface area contributed by atoms with Crippen LogP contribution in [-0.2, 0) is 9.74 Å². The first-order chi connectivity index (χ1) is 5.71. The summed E-state index contributed by atoms with van der Waals surface area (Å²) in [4.78, 5) is 4.26. The third-order valence-electron chi connectivity index (χ3n) is 1.73. The molecule has 13 heavy (non-hydrogen) atoms. The van der Waals surface area contributed by atoms with E-state index in [0.29, 0.717) is 0 Å². The molecule has 0 spiro atoms. The maximum Gasteiger partial charge on any atom is 0.199 e. The van der Waals surface area contributed by atoms with E-state index in [0.717, 1.165) is 11.7 Å². The summed E-state index contributed by atoms with van der Waals surface area (Å²) in [7, 11) is 0. The molecular weight excluding hydrogens is 230 g/mol. The molecule has 0 aliphatic carbocycles. The molecule has 1 rings (SSSR count). The molecule has 0 saturated heterocycles. The number of aromatic nitrogens is 1. The van der Waals surface area contributed by atoms with Crippen molar-refractivity contribution in [3.05, 3.63) is 17.8 Å². The van der Waals surface area contributed by atoms with Crippen LogP contribution in [0.2, 0.25) is 0 Å². The van der Waals surface area contributed by atoms with Crippen molar-refractivity contribution in [1.29, 1.82) is 0 Å². The first-order valence-electron chi connectivity index (χ1n) is 4.37. The Labute approximate surface area is 87.9 Å². The smallest absolute Gasteiger partial charge is 0.199 e. The van der Waals surface area contributed by atoms with Crippen LogP contribution in [0.1, 0.15) is 46.3 Å². The van der Waals surface area contributed by atoms with Crippen LogP contribution in [0.3, 0.4) is 0 Å². The summed E-state index contributed by atoms with van der Waals surface area (Å²) in [5.74, 6) is 1.66. The molecule has 74 valence electrons. The maximum absolute atomic E-state index is 5.65. The van der Waals surface area contributed by atoms with E-state index in [1.54, 1.807) is 6.20 Å². The normalized spacial score (nSPS) is 13.4. The lowest BCUT2D eigenvalue weighted by Crippen LogP contribution is -2.11. The van der Waals surface area contributed by atoms with E-state index in [9.17, 15) is 0 Å². The predicted molar refractivity (Wildman–Crippen MR) is 57.2 cm³/mol. The zero-order valence-corrected chi connectivity index (χ0v) is 10.4. The fourth-order valence-corrected chi connectivity index (χ4v) is 1.08. The number of hydrogen-bond donors (Lipinski definition) is 0. The Hall–Kier alpha value is -0.310. The van der Waals surface area contributed by atoms with Gasteiger partial charge in [-0.15, -0.1) is 0 Å². The molecule has 0 saturated carbocycles. The fraction of sp³-hybridized carbons (Fsp3) is 0.700. The summed E-state index contributed by atoms with van der Waals surface area (Å²) in [5.41, 5.74) is -0.0174. The number of oxazole rings is 1. The van der Waals surface area contributed by atoms with Crippen molar-refractivity contribution >= 4 is 15.9 Å². The van der Waals surface area contributed by atoms with E-state index in [-0.39, 0.29) is 9.74 Å². The van der Waals surface area contributed by atoms with Crippen LogP contribution in [-0.4, -0.2) is 4.98 Å². The van der Waals surface area contributed by atoms with Crippen molar-refractivity contribution in [2.24, 2.45) is 0 Å². The second kappa shape index (κ2) is 3.12. The molecule has 1 aromatic rings. The molecule has 2 nitrogen and oxygen atoms in total. The Balaban J connectivity index is 3.01. The van der Waals surface area contributed by atoms with Gasteiger partial charge in [-0.3, -0.25) is 0 Å². The standard InChI is InChI=1S/C10H16BrNO/c1-9(2,3)8-12-6-7(13-8)10(4,5)11/h6H,1-5H3. The van der Waals surface area contributed by atoms with Crippen LogP contribution in [0, 0.1) is 0 Å². The minimum atomic E-state index is -0.135. The van der Waals surface area contributed by atoms with Crippen LogP contribution in [0.15, 0.2) is 10.6 Å². The average molecular weight is 246 g/mol. The Bertz CT molecular complexity index is 262. The van der Waals surface area contributed by atoms with Crippen LogP contribution in [0.4, 0.5) is 0 Å². The quantitative estimate of drug-likeness (QED) is 0.707. The Morgan fingerprint density at radius 1 is 1.23 bits per heavy atom. The molecule has 0 unspecified atom stereocenters. The molecule has 3 heteroatoms. The van der Waals surface area contributed by atoms with Gasteiger partial charge in [0.1, 0.15) is 5.76 Å². The lowest BCUT2D eigenvalue weighted by molar-refractivity contribution is 0.360. The van der Waals surface area contributed by atoms with Crippen molar-refractivity contribution in [2.45, 2.75) is 44.4 Å². The molecule has 0 radical (unpaired) electrons.